The van der Waals surface area contributed by atoms with Gasteiger partial charge in [0, 0.05) is 10.9 Å². The normalized spacial score (nSPS) is 11.0. The molecule has 0 saturated carbocycles. The third-order valence-corrected chi connectivity index (χ3v) is 5.86. The van der Waals surface area contributed by atoms with Crippen LogP contribution in [0.4, 0.5) is 4.39 Å². The summed E-state index contributed by atoms with van der Waals surface area (Å²) in [4.78, 5) is 26.5. The SMILES string of the molecule is Cc1cc(C)c2c(C)c(C(=O)c3c(C)c(C#N)c(=O)n(Cc4ccc(F)cc4)c3O)oc2c1. The van der Waals surface area contributed by atoms with E-state index in [4.69, 9.17) is 4.42 Å². The van der Waals surface area contributed by atoms with Crippen LogP contribution in [0, 0.1) is 44.8 Å². The first kappa shape index (κ1) is 22.0. The molecule has 0 bridgehead atoms. The summed E-state index contributed by atoms with van der Waals surface area (Å²) < 4.78 is 20.1. The second kappa shape index (κ2) is 8.06. The monoisotopic (exact) mass is 444 g/mol. The van der Waals surface area contributed by atoms with E-state index >= 15 is 0 Å². The number of fused-ring (bicyclic) bond motifs is 1. The molecule has 4 aromatic rings. The molecule has 166 valence electrons. The van der Waals surface area contributed by atoms with Crippen LogP contribution in [0.3, 0.4) is 0 Å². The molecule has 2 aromatic heterocycles. The van der Waals surface area contributed by atoms with Gasteiger partial charge >= 0.3 is 0 Å². The lowest BCUT2D eigenvalue weighted by Gasteiger charge is -2.15. The zero-order chi connectivity index (χ0) is 24.0. The molecule has 33 heavy (non-hydrogen) atoms. The molecule has 0 atom stereocenters. The number of hydrogen-bond acceptors (Lipinski definition) is 5. The summed E-state index contributed by atoms with van der Waals surface area (Å²) in [5, 5.41) is 21.4. The van der Waals surface area contributed by atoms with E-state index < -0.39 is 23.0 Å². The Balaban J connectivity index is 1.93. The molecule has 0 radical (unpaired) electrons. The fraction of sp³-hybridized carbons (Fsp3) is 0.192. The molecule has 0 aliphatic rings. The molecule has 2 heterocycles. The maximum atomic E-state index is 13.6. The third-order valence-electron chi connectivity index (χ3n) is 5.86. The highest BCUT2D eigenvalue weighted by molar-refractivity contribution is 6.13. The highest BCUT2D eigenvalue weighted by atomic mass is 19.1. The second-order valence-corrected chi connectivity index (χ2v) is 8.17. The highest BCUT2D eigenvalue weighted by Gasteiger charge is 2.29. The number of nitrogens with zero attached hydrogens (tertiary/aromatic N) is 2. The van der Waals surface area contributed by atoms with E-state index in [-0.39, 0.29) is 29.0 Å². The van der Waals surface area contributed by atoms with Gasteiger partial charge in [0.2, 0.25) is 11.7 Å². The molecular weight excluding hydrogens is 423 g/mol. The minimum Gasteiger partial charge on any atom is -0.494 e. The van der Waals surface area contributed by atoms with Crippen molar-refractivity contribution in [3.8, 4) is 11.9 Å². The summed E-state index contributed by atoms with van der Waals surface area (Å²) in [5.41, 5.74) is 2.52. The first-order valence-corrected chi connectivity index (χ1v) is 10.3. The number of furan rings is 1. The molecule has 0 fully saturated rings. The average Bonchev–Trinajstić information content (AvgIpc) is 3.09. The molecule has 0 unspecified atom stereocenters. The van der Waals surface area contributed by atoms with Crippen molar-refractivity contribution in [2.24, 2.45) is 0 Å². The van der Waals surface area contributed by atoms with Gasteiger partial charge in [0.05, 0.1) is 12.1 Å². The zero-order valence-corrected chi connectivity index (χ0v) is 18.6. The maximum absolute atomic E-state index is 13.6. The van der Waals surface area contributed by atoms with E-state index in [1.54, 1.807) is 6.92 Å². The van der Waals surface area contributed by atoms with Gasteiger partial charge in [-0.3, -0.25) is 14.2 Å². The van der Waals surface area contributed by atoms with E-state index in [2.05, 4.69) is 0 Å². The summed E-state index contributed by atoms with van der Waals surface area (Å²) in [5.74, 6) is -1.61. The molecule has 4 rings (SSSR count). The standard InChI is InChI=1S/C26H21FN2O4/c1-13-9-14(2)21-16(4)24(33-20(21)10-13)23(30)22-15(3)19(11-28)25(31)29(26(22)32)12-17-5-7-18(27)8-6-17/h5-10,32H,12H2,1-4H3. The molecule has 1 N–H and O–H groups in total. The molecular formula is C26H21FN2O4. The Kier molecular flexibility index (Phi) is 5.38. The number of carbonyl (C=O) groups is 1. The summed E-state index contributed by atoms with van der Waals surface area (Å²) in [6, 6.07) is 11.0. The number of nitriles is 1. The fourth-order valence-corrected chi connectivity index (χ4v) is 4.26. The second-order valence-electron chi connectivity index (χ2n) is 8.17. The Labute approximate surface area is 189 Å². The van der Waals surface area contributed by atoms with E-state index in [1.807, 2.05) is 32.0 Å². The molecule has 0 spiro atoms. The number of carbonyl (C=O) groups excluding carboxylic acids is 1. The van der Waals surface area contributed by atoms with Gasteiger partial charge in [0.15, 0.2) is 5.76 Å². The molecule has 6 nitrogen and oxygen atoms in total. The minimum atomic E-state index is -0.735. The van der Waals surface area contributed by atoms with Gasteiger partial charge in [0.1, 0.15) is 23.0 Å². The van der Waals surface area contributed by atoms with Crippen molar-refractivity contribution in [1.82, 2.24) is 4.57 Å². The first-order valence-electron chi connectivity index (χ1n) is 10.3. The molecule has 0 aliphatic carbocycles. The quantitative estimate of drug-likeness (QED) is 0.455. The predicted octanol–water partition coefficient (Wildman–Crippen LogP) is 4.82. The number of aromatic hydroxyl groups is 1. The Bertz CT molecular complexity index is 1540. The van der Waals surface area contributed by atoms with Crippen LogP contribution in [0.5, 0.6) is 5.88 Å². The van der Waals surface area contributed by atoms with Gasteiger partial charge in [0.25, 0.3) is 5.56 Å². The van der Waals surface area contributed by atoms with Gasteiger partial charge in [-0.05, 0) is 68.1 Å². The van der Waals surface area contributed by atoms with Crippen molar-refractivity contribution in [3.63, 3.8) is 0 Å². The summed E-state index contributed by atoms with van der Waals surface area (Å²) in [6.07, 6.45) is 0. The Hall–Kier alpha value is -4.18. The number of aryl methyl sites for hydroxylation is 3. The third kappa shape index (κ3) is 3.60. The lowest BCUT2D eigenvalue weighted by molar-refractivity contribution is 0.101. The van der Waals surface area contributed by atoms with Gasteiger partial charge in [-0.1, -0.05) is 18.2 Å². The van der Waals surface area contributed by atoms with Crippen LogP contribution in [0.2, 0.25) is 0 Å². The van der Waals surface area contributed by atoms with Crippen molar-refractivity contribution < 1.29 is 18.7 Å². The number of ketones is 1. The summed E-state index contributed by atoms with van der Waals surface area (Å²) >= 11 is 0. The fourth-order valence-electron chi connectivity index (χ4n) is 4.26. The highest BCUT2D eigenvalue weighted by Crippen LogP contribution is 2.33. The number of halogens is 1. The first-order chi connectivity index (χ1) is 15.6. The van der Waals surface area contributed by atoms with Crippen molar-refractivity contribution in [2.75, 3.05) is 0 Å². The Morgan fingerprint density at radius 1 is 1.12 bits per heavy atom. The van der Waals surface area contributed by atoms with Crippen molar-refractivity contribution >= 4 is 16.8 Å². The zero-order valence-electron chi connectivity index (χ0n) is 18.6. The molecule has 0 aliphatic heterocycles. The number of hydrogen-bond donors (Lipinski definition) is 1. The molecule has 0 saturated heterocycles. The maximum Gasteiger partial charge on any atom is 0.271 e. The lowest BCUT2D eigenvalue weighted by atomic mass is 9.97. The van der Waals surface area contributed by atoms with Crippen LogP contribution in [0.15, 0.2) is 45.6 Å². The Morgan fingerprint density at radius 3 is 2.42 bits per heavy atom. The van der Waals surface area contributed by atoms with Crippen LogP contribution in [0.25, 0.3) is 11.0 Å². The van der Waals surface area contributed by atoms with E-state index in [9.17, 15) is 24.3 Å². The van der Waals surface area contributed by atoms with Crippen molar-refractivity contribution in [3.05, 3.63) is 97.3 Å². The lowest BCUT2D eigenvalue weighted by Crippen LogP contribution is -2.27. The number of rotatable bonds is 4. The summed E-state index contributed by atoms with van der Waals surface area (Å²) in [7, 11) is 0. The number of benzene rings is 2. The van der Waals surface area contributed by atoms with Crippen LogP contribution in [0.1, 0.15) is 49.5 Å². The van der Waals surface area contributed by atoms with E-state index in [0.717, 1.165) is 21.1 Å². The van der Waals surface area contributed by atoms with Crippen LogP contribution in [-0.4, -0.2) is 15.5 Å². The van der Waals surface area contributed by atoms with Gasteiger partial charge in [-0.2, -0.15) is 5.26 Å². The van der Waals surface area contributed by atoms with Gasteiger partial charge in [-0.15, -0.1) is 0 Å². The number of pyridine rings is 1. The molecule has 7 heteroatoms. The largest absolute Gasteiger partial charge is 0.494 e. The van der Waals surface area contributed by atoms with E-state index in [1.165, 1.54) is 31.2 Å². The smallest absolute Gasteiger partial charge is 0.271 e. The van der Waals surface area contributed by atoms with Crippen LogP contribution < -0.4 is 5.56 Å². The van der Waals surface area contributed by atoms with Crippen LogP contribution >= 0.6 is 0 Å². The molecule has 2 aromatic carbocycles. The topological polar surface area (TPSA) is 96.2 Å². The predicted molar refractivity (Wildman–Crippen MR) is 121 cm³/mol. The van der Waals surface area contributed by atoms with Crippen molar-refractivity contribution in [1.29, 1.82) is 5.26 Å². The number of aromatic nitrogens is 1. The van der Waals surface area contributed by atoms with Crippen LogP contribution in [-0.2, 0) is 6.54 Å². The van der Waals surface area contributed by atoms with Crippen molar-refractivity contribution in [2.45, 2.75) is 34.2 Å². The molecule has 0 amide bonds. The average molecular weight is 444 g/mol. The summed E-state index contributed by atoms with van der Waals surface area (Å²) in [6.45, 7) is 6.91. The van der Waals surface area contributed by atoms with Gasteiger partial charge < -0.3 is 9.52 Å². The Morgan fingerprint density at radius 2 is 1.79 bits per heavy atom. The van der Waals surface area contributed by atoms with Gasteiger partial charge in [-0.25, -0.2) is 4.39 Å². The minimum absolute atomic E-state index is 0.0352. The van der Waals surface area contributed by atoms with E-state index in [0.29, 0.717) is 16.7 Å².